The van der Waals surface area contributed by atoms with Crippen LogP contribution in [0.5, 0.6) is 0 Å². The number of anilines is 3. The van der Waals surface area contributed by atoms with Gasteiger partial charge < -0.3 is 9.32 Å². The van der Waals surface area contributed by atoms with E-state index >= 15 is 0 Å². The van der Waals surface area contributed by atoms with Crippen LogP contribution in [0.15, 0.2) is 241 Å². The van der Waals surface area contributed by atoms with Crippen LogP contribution in [0.25, 0.3) is 77.6 Å². The van der Waals surface area contributed by atoms with Gasteiger partial charge in [-0.1, -0.05) is 194 Å². The molecule has 0 fully saturated rings. The molecule has 0 amide bonds. The third-order valence-electron chi connectivity index (χ3n) is 13.5. The Morgan fingerprint density at radius 2 is 0.746 bits per heavy atom. The highest BCUT2D eigenvalue weighted by molar-refractivity contribution is 6.20. The fourth-order valence-electron chi connectivity index (χ4n) is 10.8. The zero-order valence-electron chi connectivity index (χ0n) is 34.4. The van der Waals surface area contributed by atoms with Crippen LogP contribution in [0, 0.1) is 0 Å². The topological polar surface area (TPSA) is 16.4 Å². The molecular formula is C61H39NO. The molecule has 2 aliphatic rings. The van der Waals surface area contributed by atoms with E-state index in [2.05, 4.69) is 241 Å². The Kier molecular flexibility index (Phi) is 7.85. The Morgan fingerprint density at radius 1 is 0.317 bits per heavy atom. The molecule has 13 rings (SSSR count). The van der Waals surface area contributed by atoms with E-state index in [1.807, 2.05) is 0 Å². The second-order valence-corrected chi connectivity index (χ2v) is 16.7. The number of hydrogen-bond acceptors (Lipinski definition) is 2. The summed E-state index contributed by atoms with van der Waals surface area (Å²) in [5, 5.41) is 2.18. The average Bonchev–Trinajstić information content (AvgIpc) is 3.99. The number of furan rings is 1. The summed E-state index contributed by atoms with van der Waals surface area (Å²) in [5.74, 6) is 0. The van der Waals surface area contributed by atoms with Gasteiger partial charge in [0.25, 0.3) is 0 Å². The standard InChI is InChI=1S/C61H39NO/c1-4-16-40(17-5-1)42-28-30-43(31-29-42)44-32-35-47(36-33-44)62(46-20-8-3-9-21-46)60-58-50-24-12-15-27-54(50)61(52-25-13-10-22-48(52)49-23-11-14-26-53(49)61)55(58)39-57-59(60)51-38-45(34-37-56(51)63-57)41-18-6-2-7-19-41/h1-39H. The highest BCUT2D eigenvalue weighted by atomic mass is 16.3. The number of rotatable bonds is 6. The molecule has 0 unspecified atom stereocenters. The lowest BCUT2D eigenvalue weighted by Crippen LogP contribution is -2.26. The van der Waals surface area contributed by atoms with Gasteiger partial charge in [0.1, 0.15) is 11.2 Å². The lowest BCUT2D eigenvalue weighted by molar-refractivity contribution is 0.666. The molecule has 2 heteroatoms. The number of hydrogen-bond donors (Lipinski definition) is 0. The predicted octanol–water partition coefficient (Wildman–Crippen LogP) is 16.4. The van der Waals surface area contributed by atoms with Gasteiger partial charge in [-0.3, -0.25) is 0 Å². The molecule has 0 N–H and O–H groups in total. The van der Waals surface area contributed by atoms with Crippen molar-refractivity contribution in [3.05, 3.63) is 259 Å². The minimum absolute atomic E-state index is 0.547. The molecule has 0 aliphatic heterocycles. The Labute approximate surface area is 366 Å². The second kappa shape index (κ2) is 13.9. The lowest BCUT2D eigenvalue weighted by atomic mass is 9.70. The van der Waals surface area contributed by atoms with Crippen molar-refractivity contribution in [2.75, 3.05) is 4.90 Å². The summed E-state index contributed by atoms with van der Waals surface area (Å²) < 4.78 is 7.10. The van der Waals surface area contributed by atoms with Gasteiger partial charge in [-0.05, 0) is 115 Å². The molecule has 0 bridgehead atoms. The SMILES string of the molecule is c1ccc(-c2ccc(-c3ccc(N(c4ccccc4)c4c5c(cc6oc7ccc(-c8ccccc8)cc7c46)C4(c6ccccc6-c6ccccc64)c4ccccc4-5)cc3)cc2)cc1. The van der Waals surface area contributed by atoms with Gasteiger partial charge >= 0.3 is 0 Å². The molecule has 0 saturated carbocycles. The summed E-state index contributed by atoms with van der Waals surface area (Å²) in [4.78, 5) is 2.48. The van der Waals surface area contributed by atoms with Crippen molar-refractivity contribution >= 4 is 39.0 Å². The smallest absolute Gasteiger partial charge is 0.137 e. The maximum Gasteiger partial charge on any atom is 0.137 e. The van der Waals surface area contributed by atoms with E-state index in [0.717, 1.165) is 44.6 Å². The van der Waals surface area contributed by atoms with Crippen molar-refractivity contribution in [2.24, 2.45) is 0 Å². The van der Waals surface area contributed by atoms with Gasteiger partial charge in [-0.2, -0.15) is 0 Å². The third-order valence-corrected chi connectivity index (χ3v) is 13.5. The molecule has 10 aromatic carbocycles. The van der Waals surface area contributed by atoms with E-state index in [4.69, 9.17) is 4.42 Å². The van der Waals surface area contributed by atoms with Crippen molar-refractivity contribution in [3.8, 4) is 55.6 Å². The van der Waals surface area contributed by atoms with Crippen LogP contribution in [0.2, 0.25) is 0 Å². The first-order valence-corrected chi connectivity index (χ1v) is 21.8. The number of fused-ring (bicyclic) bond motifs is 13. The fraction of sp³-hybridized carbons (Fsp3) is 0.0164. The lowest BCUT2D eigenvalue weighted by Gasteiger charge is -2.32. The maximum absolute atomic E-state index is 7.10. The van der Waals surface area contributed by atoms with Crippen LogP contribution in [-0.2, 0) is 5.41 Å². The van der Waals surface area contributed by atoms with Crippen molar-refractivity contribution in [1.82, 2.24) is 0 Å². The van der Waals surface area contributed by atoms with Crippen LogP contribution >= 0.6 is 0 Å². The maximum atomic E-state index is 7.10. The van der Waals surface area contributed by atoms with Crippen LogP contribution in [0.4, 0.5) is 17.1 Å². The minimum atomic E-state index is -0.547. The highest BCUT2D eigenvalue weighted by Gasteiger charge is 2.53. The van der Waals surface area contributed by atoms with Gasteiger partial charge in [-0.15, -0.1) is 0 Å². The fourth-order valence-corrected chi connectivity index (χ4v) is 10.8. The van der Waals surface area contributed by atoms with E-state index in [0.29, 0.717) is 0 Å². The summed E-state index contributed by atoms with van der Waals surface area (Å²) in [7, 11) is 0. The Bertz CT molecular complexity index is 3490. The van der Waals surface area contributed by atoms with Crippen LogP contribution < -0.4 is 4.90 Å². The number of benzene rings is 10. The van der Waals surface area contributed by atoms with Crippen molar-refractivity contribution < 1.29 is 4.42 Å². The third kappa shape index (κ3) is 5.25. The van der Waals surface area contributed by atoms with Gasteiger partial charge in [-0.25, -0.2) is 0 Å². The first-order chi connectivity index (χ1) is 31.3. The van der Waals surface area contributed by atoms with Crippen molar-refractivity contribution in [1.29, 1.82) is 0 Å². The summed E-state index contributed by atoms with van der Waals surface area (Å²) in [6.07, 6.45) is 0. The van der Waals surface area contributed by atoms with Gasteiger partial charge in [0, 0.05) is 22.3 Å². The van der Waals surface area contributed by atoms with Crippen LogP contribution in [0.3, 0.4) is 0 Å². The first kappa shape index (κ1) is 35.5. The molecule has 1 aromatic heterocycles. The molecule has 1 heterocycles. The normalized spacial score (nSPS) is 12.9. The summed E-state index contributed by atoms with van der Waals surface area (Å²) in [6.45, 7) is 0. The molecule has 294 valence electrons. The highest BCUT2D eigenvalue weighted by Crippen LogP contribution is 2.66. The van der Waals surface area contributed by atoms with Crippen LogP contribution in [-0.4, -0.2) is 0 Å². The summed E-state index contributed by atoms with van der Waals surface area (Å²) in [5.41, 5.74) is 21.7. The molecule has 11 aromatic rings. The van der Waals surface area contributed by atoms with Crippen molar-refractivity contribution in [3.63, 3.8) is 0 Å². The van der Waals surface area contributed by atoms with Gasteiger partial charge in [0.05, 0.1) is 16.5 Å². The Morgan fingerprint density at radius 3 is 1.33 bits per heavy atom. The monoisotopic (exact) mass is 801 g/mol. The number of nitrogens with zero attached hydrogens (tertiary/aromatic N) is 1. The molecule has 1 spiro atoms. The van der Waals surface area contributed by atoms with E-state index < -0.39 is 5.41 Å². The molecule has 63 heavy (non-hydrogen) atoms. The zero-order chi connectivity index (χ0) is 41.5. The van der Waals surface area contributed by atoms with E-state index in [1.54, 1.807) is 0 Å². The van der Waals surface area contributed by atoms with E-state index in [-0.39, 0.29) is 0 Å². The van der Waals surface area contributed by atoms with Crippen LogP contribution in [0.1, 0.15) is 22.3 Å². The zero-order valence-corrected chi connectivity index (χ0v) is 34.4. The minimum Gasteiger partial charge on any atom is -0.456 e. The second-order valence-electron chi connectivity index (χ2n) is 16.7. The van der Waals surface area contributed by atoms with Gasteiger partial charge in [0.2, 0.25) is 0 Å². The van der Waals surface area contributed by atoms with Crippen molar-refractivity contribution in [2.45, 2.75) is 5.41 Å². The predicted molar refractivity (Wildman–Crippen MR) is 261 cm³/mol. The number of para-hydroxylation sites is 1. The molecule has 2 nitrogen and oxygen atoms in total. The average molecular weight is 802 g/mol. The van der Waals surface area contributed by atoms with E-state index in [1.165, 1.54) is 72.3 Å². The Hall–Kier alpha value is -8.20. The molecular weight excluding hydrogens is 763 g/mol. The van der Waals surface area contributed by atoms with Gasteiger partial charge in [0.15, 0.2) is 0 Å². The largest absolute Gasteiger partial charge is 0.456 e. The van der Waals surface area contributed by atoms with E-state index in [9.17, 15) is 0 Å². The molecule has 0 atom stereocenters. The molecule has 2 aliphatic carbocycles. The first-order valence-electron chi connectivity index (χ1n) is 21.8. The quantitative estimate of drug-likeness (QED) is 0.167. The Balaban J connectivity index is 1.11. The summed E-state index contributed by atoms with van der Waals surface area (Å²) in [6, 6.07) is 86.3. The summed E-state index contributed by atoms with van der Waals surface area (Å²) >= 11 is 0. The molecule has 0 saturated heterocycles. The molecule has 0 radical (unpaired) electrons.